The molecule has 5 nitrogen and oxygen atoms in total. The number of rotatable bonds is 4. The van der Waals surface area contributed by atoms with Crippen molar-refractivity contribution in [3.8, 4) is 0 Å². The fourth-order valence-corrected chi connectivity index (χ4v) is 2.33. The van der Waals surface area contributed by atoms with Crippen LogP contribution in [0.5, 0.6) is 0 Å². The summed E-state index contributed by atoms with van der Waals surface area (Å²) in [6, 6.07) is -2.62. The number of alkyl halides is 2. The lowest BCUT2D eigenvalue weighted by Gasteiger charge is -2.23. The molecule has 1 aliphatic rings. The van der Waals surface area contributed by atoms with Crippen LogP contribution < -0.4 is 10.0 Å². The Morgan fingerprint density at radius 2 is 2.12 bits per heavy atom. The third-order valence-electron chi connectivity index (χ3n) is 2.27. The predicted octanol–water partition coefficient (Wildman–Crippen LogP) is -0.685. The van der Waals surface area contributed by atoms with E-state index in [0.717, 1.165) is 6.26 Å². The van der Waals surface area contributed by atoms with Crippen LogP contribution >= 0.6 is 12.4 Å². The topological polar surface area (TPSA) is 78.4 Å². The molecule has 0 aromatic heterocycles. The van der Waals surface area contributed by atoms with Gasteiger partial charge in [0.1, 0.15) is 0 Å². The van der Waals surface area contributed by atoms with E-state index >= 15 is 0 Å². The standard InChI is InChI=1S/C7H14F2N2O3S.ClH/c1-15(13,14)11-6-4-10-5(2-3-12)7(6,8)9;/h5-6,10-12H,2-4H2,1H3;1H/t5-,6-;/m1./s1. The Hall–Kier alpha value is -0.0200. The average Bonchev–Trinajstić information content (AvgIpc) is 2.29. The second-order valence-electron chi connectivity index (χ2n) is 3.59. The molecular weight excluding hydrogens is 266 g/mol. The molecule has 0 amide bonds. The van der Waals surface area contributed by atoms with Crippen molar-refractivity contribution < 1.29 is 22.3 Å². The summed E-state index contributed by atoms with van der Waals surface area (Å²) in [6.07, 6.45) is 0.734. The van der Waals surface area contributed by atoms with Crippen LogP contribution in [0.2, 0.25) is 0 Å². The molecule has 0 aromatic rings. The molecule has 0 radical (unpaired) electrons. The van der Waals surface area contributed by atoms with Crippen LogP contribution in [0.3, 0.4) is 0 Å². The zero-order valence-electron chi connectivity index (χ0n) is 8.61. The van der Waals surface area contributed by atoms with Gasteiger partial charge in [0.15, 0.2) is 0 Å². The van der Waals surface area contributed by atoms with Gasteiger partial charge in [0, 0.05) is 13.2 Å². The molecule has 1 fully saturated rings. The first-order valence-corrected chi connectivity index (χ1v) is 6.36. The maximum absolute atomic E-state index is 13.5. The smallest absolute Gasteiger partial charge is 0.280 e. The van der Waals surface area contributed by atoms with E-state index in [-0.39, 0.29) is 32.0 Å². The van der Waals surface area contributed by atoms with Crippen molar-refractivity contribution in [2.24, 2.45) is 0 Å². The van der Waals surface area contributed by atoms with Crippen molar-refractivity contribution in [2.75, 3.05) is 19.4 Å². The van der Waals surface area contributed by atoms with Gasteiger partial charge in [-0.3, -0.25) is 0 Å². The van der Waals surface area contributed by atoms with Gasteiger partial charge in [-0.25, -0.2) is 21.9 Å². The first-order valence-electron chi connectivity index (χ1n) is 4.46. The molecule has 98 valence electrons. The summed E-state index contributed by atoms with van der Waals surface area (Å²) in [6.45, 7) is -0.496. The highest BCUT2D eigenvalue weighted by Gasteiger charge is 2.52. The molecule has 9 heteroatoms. The maximum Gasteiger partial charge on any atom is 0.280 e. The number of hydrogen-bond acceptors (Lipinski definition) is 4. The molecule has 1 rings (SSSR count). The highest BCUT2D eigenvalue weighted by Crippen LogP contribution is 2.30. The SMILES string of the molecule is CS(=O)(=O)N[C@@H]1CN[C@H](CCO)C1(F)F.Cl. The van der Waals surface area contributed by atoms with Gasteiger partial charge in [0.25, 0.3) is 5.92 Å². The largest absolute Gasteiger partial charge is 0.396 e. The van der Waals surface area contributed by atoms with Gasteiger partial charge in [-0.05, 0) is 6.42 Å². The quantitative estimate of drug-likeness (QED) is 0.637. The lowest BCUT2D eigenvalue weighted by Crippen LogP contribution is -2.49. The molecule has 1 heterocycles. The monoisotopic (exact) mass is 280 g/mol. The van der Waals surface area contributed by atoms with Gasteiger partial charge in [-0.15, -0.1) is 12.4 Å². The second kappa shape index (κ2) is 5.54. The molecule has 3 N–H and O–H groups in total. The first-order chi connectivity index (χ1) is 6.77. The molecule has 0 saturated carbocycles. The molecule has 16 heavy (non-hydrogen) atoms. The molecule has 0 unspecified atom stereocenters. The summed E-state index contributed by atoms with van der Waals surface area (Å²) in [5.41, 5.74) is 0. The van der Waals surface area contributed by atoms with E-state index in [1.807, 2.05) is 4.72 Å². The lowest BCUT2D eigenvalue weighted by molar-refractivity contribution is -0.0340. The lowest BCUT2D eigenvalue weighted by atomic mass is 10.1. The van der Waals surface area contributed by atoms with Crippen LogP contribution in [-0.4, -0.2) is 50.9 Å². The molecule has 0 bridgehead atoms. The normalized spacial score (nSPS) is 28.8. The summed E-state index contributed by atoms with van der Waals surface area (Å²) in [4.78, 5) is 0. The first kappa shape index (κ1) is 16.0. The van der Waals surface area contributed by atoms with E-state index in [1.165, 1.54) is 0 Å². The maximum atomic E-state index is 13.5. The van der Waals surface area contributed by atoms with Crippen LogP contribution in [0, 0.1) is 0 Å². The van der Waals surface area contributed by atoms with E-state index < -0.39 is 28.0 Å². The number of halogens is 3. The summed E-state index contributed by atoms with van der Waals surface area (Å²) >= 11 is 0. The minimum Gasteiger partial charge on any atom is -0.396 e. The zero-order valence-corrected chi connectivity index (χ0v) is 10.2. The number of sulfonamides is 1. The third-order valence-corrected chi connectivity index (χ3v) is 2.98. The molecular formula is C7H15ClF2N2O3S. The Labute approximate surface area is 99.1 Å². The molecule has 2 atom stereocenters. The van der Waals surface area contributed by atoms with Crippen molar-refractivity contribution >= 4 is 22.4 Å². The average molecular weight is 281 g/mol. The van der Waals surface area contributed by atoms with Crippen molar-refractivity contribution in [1.82, 2.24) is 10.0 Å². The Kier molecular flexibility index (Phi) is 5.54. The molecule has 1 aliphatic heterocycles. The van der Waals surface area contributed by atoms with Gasteiger partial charge in [-0.2, -0.15) is 0 Å². The van der Waals surface area contributed by atoms with E-state index in [1.54, 1.807) is 0 Å². The van der Waals surface area contributed by atoms with Crippen LogP contribution in [0.4, 0.5) is 8.78 Å². The number of aliphatic hydroxyl groups is 1. The van der Waals surface area contributed by atoms with Crippen LogP contribution in [0.15, 0.2) is 0 Å². The molecule has 0 spiro atoms. The van der Waals surface area contributed by atoms with Crippen LogP contribution in [0.25, 0.3) is 0 Å². The minimum atomic E-state index is -3.65. The van der Waals surface area contributed by atoms with Gasteiger partial charge >= 0.3 is 0 Å². The second-order valence-corrected chi connectivity index (χ2v) is 5.37. The van der Waals surface area contributed by atoms with E-state index in [4.69, 9.17) is 5.11 Å². The summed E-state index contributed by atoms with van der Waals surface area (Å²) < 4.78 is 50.5. The van der Waals surface area contributed by atoms with Crippen molar-refractivity contribution in [3.63, 3.8) is 0 Å². The van der Waals surface area contributed by atoms with Crippen molar-refractivity contribution in [3.05, 3.63) is 0 Å². The Balaban J connectivity index is 0.00000225. The molecule has 1 saturated heterocycles. The number of nitrogens with one attached hydrogen (secondary N) is 2. The van der Waals surface area contributed by atoms with Crippen molar-refractivity contribution in [2.45, 2.75) is 24.4 Å². The van der Waals surface area contributed by atoms with Gasteiger partial charge < -0.3 is 10.4 Å². The van der Waals surface area contributed by atoms with Gasteiger partial charge in [-0.1, -0.05) is 0 Å². The van der Waals surface area contributed by atoms with Crippen LogP contribution in [-0.2, 0) is 10.0 Å². The van der Waals surface area contributed by atoms with Crippen LogP contribution in [0.1, 0.15) is 6.42 Å². The Morgan fingerprint density at radius 3 is 2.56 bits per heavy atom. The minimum absolute atomic E-state index is 0. The van der Waals surface area contributed by atoms with Gasteiger partial charge in [0.2, 0.25) is 10.0 Å². The van der Waals surface area contributed by atoms with Crippen molar-refractivity contribution in [1.29, 1.82) is 0 Å². The Bertz CT molecular complexity index is 326. The van der Waals surface area contributed by atoms with Gasteiger partial charge in [0.05, 0.1) is 18.3 Å². The summed E-state index contributed by atoms with van der Waals surface area (Å²) in [5.74, 6) is -3.17. The molecule has 0 aliphatic carbocycles. The predicted molar refractivity (Wildman–Crippen MR) is 57.5 cm³/mol. The highest BCUT2D eigenvalue weighted by molar-refractivity contribution is 7.88. The van der Waals surface area contributed by atoms with E-state index in [0.29, 0.717) is 0 Å². The fourth-order valence-electron chi connectivity index (χ4n) is 1.58. The zero-order chi connectivity index (χ0) is 11.7. The van der Waals surface area contributed by atoms with E-state index in [9.17, 15) is 17.2 Å². The fraction of sp³-hybridized carbons (Fsp3) is 1.00. The molecule has 0 aromatic carbocycles. The third kappa shape index (κ3) is 3.77. The number of aliphatic hydroxyl groups excluding tert-OH is 1. The highest BCUT2D eigenvalue weighted by atomic mass is 35.5. The summed E-state index contributed by atoms with van der Waals surface area (Å²) in [5, 5.41) is 11.0. The summed E-state index contributed by atoms with van der Waals surface area (Å²) in [7, 11) is -3.65. The van der Waals surface area contributed by atoms with E-state index in [2.05, 4.69) is 5.32 Å². The number of hydrogen-bond donors (Lipinski definition) is 3. The Morgan fingerprint density at radius 1 is 1.56 bits per heavy atom.